The minimum atomic E-state index is -1.18. The number of esters is 1. The zero-order valence-electron chi connectivity index (χ0n) is 13.7. The molecule has 26 heavy (non-hydrogen) atoms. The van der Waals surface area contributed by atoms with Gasteiger partial charge in [-0.1, -0.05) is 33.6 Å². The Kier molecular flexibility index (Phi) is 6.76. The van der Waals surface area contributed by atoms with Crippen molar-refractivity contribution in [2.45, 2.75) is 19.4 Å². The molecule has 0 fully saturated rings. The van der Waals surface area contributed by atoms with Gasteiger partial charge in [-0.25, -0.2) is 4.79 Å². The van der Waals surface area contributed by atoms with Crippen molar-refractivity contribution in [3.05, 3.63) is 63.1 Å². The molecule has 2 aromatic carbocycles. The molecular weight excluding hydrogens is 426 g/mol. The number of carbonyl (C=O) groups excluding carboxylic acids is 2. The van der Waals surface area contributed by atoms with Crippen molar-refractivity contribution >= 4 is 45.4 Å². The normalized spacial score (nSPS) is 11.5. The summed E-state index contributed by atoms with van der Waals surface area (Å²) in [4.78, 5) is 34.9. The lowest BCUT2D eigenvalue weighted by Crippen LogP contribution is -2.42. The maximum Gasteiger partial charge on any atom is 0.326 e. The van der Waals surface area contributed by atoms with Crippen LogP contribution in [0.2, 0.25) is 5.02 Å². The Bertz CT molecular complexity index is 855. The summed E-state index contributed by atoms with van der Waals surface area (Å²) in [5.41, 5.74) is 0.832. The molecule has 136 valence electrons. The molecule has 6 nitrogen and oxygen atoms in total. The number of benzene rings is 2. The Labute approximate surface area is 163 Å². The molecule has 0 bridgehead atoms. The van der Waals surface area contributed by atoms with Crippen LogP contribution in [-0.2, 0) is 16.0 Å². The number of nitrogens with one attached hydrogen (secondary N) is 1. The van der Waals surface area contributed by atoms with Gasteiger partial charge in [0.1, 0.15) is 11.8 Å². The Balaban J connectivity index is 2.17. The number of carboxylic acid groups (broad SMARTS) is 1. The third-order valence-electron chi connectivity index (χ3n) is 3.39. The van der Waals surface area contributed by atoms with Crippen LogP contribution in [-0.4, -0.2) is 29.0 Å². The highest BCUT2D eigenvalue weighted by Gasteiger charge is 2.22. The molecule has 1 amide bonds. The van der Waals surface area contributed by atoms with Crippen LogP contribution in [0, 0.1) is 0 Å². The zero-order valence-corrected chi connectivity index (χ0v) is 16.0. The maximum atomic E-state index is 12.4. The van der Waals surface area contributed by atoms with E-state index in [1.54, 1.807) is 18.2 Å². The number of hydrogen-bond donors (Lipinski definition) is 2. The number of aliphatic carboxylic acids is 1. The Morgan fingerprint density at radius 1 is 1.23 bits per heavy atom. The quantitative estimate of drug-likeness (QED) is 0.530. The van der Waals surface area contributed by atoms with Gasteiger partial charge in [-0.15, -0.1) is 0 Å². The molecule has 0 heterocycles. The third kappa shape index (κ3) is 5.57. The molecular formula is C18H15BrClNO5. The first-order chi connectivity index (χ1) is 12.3. The molecule has 0 saturated heterocycles. The van der Waals surface area contributed by atoms with E-state index < -0.39 is 23.9 Å². The summed E-state index contributed by atoms with van der Waals surface area (Å²) in [6, 6.07) is 9.78. The van der Waals surface area contributed by atoms with E-state index >= 15 is 0 Å². The number of carboxylic acids is 1. The average Bonchev–Trinajstić information content (AvgIpc) is 2.56. The molecule has 0 radical (unpaired) electrons. The van der Waals surface area contributed by atoms with Crippen LogP contribution in [0.25, 0.3) is 0 Å². The van der Waals surface area contributed by atoms with Crippen molar-refractivity contribution in [3.8, 4) is 5.75 Å². The maximum absolute atomic E-state index is 12.4. The van der Waals surface area contributed by atoms with E-state index in [0.717, 1.165) is 0 Å². The number of carbonyl (C=O) groups is 3. The minimum Gasteiger partial charge on any atom is -0.480 e. The van der Waals surface area contributed by atoms with Gasteiger partial charge < -0.3 is 15.2 Å². The zero-order chi connectivity index (χ0) is 19.3. The lowest BCUT2D eigenvalue weighted by Gasteiger charge is -2.16. The second-order valence-corrected chi connectivity index (χ2v) is 6.72. The Morgan fingerprint density at radius 3 is 2.62 bits per heavy atom. The highest BCUT2D eigenvalue weighted by Crippen LogP contribution is 2.23. The fourth-order valence-corrected chi connectivity index (χ4v) is 2.83. The lowest BCUT2D eigenvalue weighted by atomic mass is 10.1. The van der Waals surface area contributed by atoms with E-state index in [1.165, 1.54) is 31.2 Å². The number of ether oxygens (including phenoxy) is 1. The van der Waals surface area contributed by atoms with Crippen molar-refractivity contribution in [3.63, 3.8) is 0 Å². The van der Waals surface area contributed by atoms with Gasteiger partial charge in [-0.05, 0) is 42.0 Å². The van der Waals surface area contributed by atoms with Gasteiger partial charge in [0.15, 0.2) is 0 Å². The molecule has 1 atom stereocenters. The van der Waals surface area contributed by atoms with Crippen molar-refractivity contribution in [1.82, 2.24) is 5.32 Å². The number of hydrogen-bond acceptors (Lipinski definition) is 4. The first-order valence-electron chi connectivity index (χ1n) is 7.52. The molecule has 0 spiro atoms. The summed E-state index contributed by atoms with van der Waals surface area (Å²) in [6.45, 7) is 1.25. The predicted octanol–water partition coefficient (Wildman–Crippen LogP) is 3.45. The van der Waals surface area contributed by atoms with Gasteiger partial charge in [-0.2, -0.15) is 0 Å². The third-order valence-corrected chi connectivity index (χ3v) is 4.40. The highest BCUT2D eigenvalue weighted by molar-refractivity contribution is 9.10. The summed E-state index contributed by atoms with van der Waals surface area (Å²) >= 11 is 9.28. The van der Waals surface area contributed by atoms with Crippen molar-refractivity contribution < 1.29 is 24.2 Å². The van der Waals surface area contributed by atoms with Gasteiger partial charge in [0.05, 0.1) is 0 Å². The molecule has 0 aliphatic carbocycles. The summed E-state index contributed by atoms with van der Waals surface area (Å²) in [6.07, 6.45) is 0.0475. The molecule has 0 unspecified atom stereocenters. The van der Waals surface area contributed by atoms with E-state index in [1.807, 2.05) is 0 Å². The van der Waals surface area contributed by atoms with E-state index in [2.05, 4.69) is 21.2 Å². The predicted molar refractivity (Wildman–Crippen MR) is 99.5 cm³/mol. The Morgan fingerprint density at radius 2 is 1.96 bits per heavy atom. The van der Waals surface area contributed by atoms with Gasteiger partial charge >= 0.3 is 11.9 Å². The number of amides is 1. The average molecular weight is 441 g/mol. The molecule has 0 aromatic heterocycles. The van der Waals surface area contributed by atoms with Gasteiger partial charge in [-0.3, -0.25) is 9.59 Å². The smallest absolute Gasteiger partial charge is 0.326 e. The van der Waals surface area contributed by atoms with Crippen molar-refractivity contribution in [2.24, 2.45) is 0 Å². The molecule has 2 rings (SSSR count). The van der Waals surface area contributed by atoms with Crippen molar-refractivity contribution in [1.29, 1.82) is 0 Å². The molecule has 8 heteroatoms. The van der Waals surface area contributed by atoms with E-state index in [0.29, 0.717) is 15.1 Å². The molecule has 2 aromatic rings. The first kappa shape index (κ1) is 19.9. The number of rotatable bonds is 6. The van der Waals surface area contributed by atoms with Crippen LogP contribution in [0.3, 0.4) is 0 Å². The van der Waals surface area contributed by atoms with Crippen LogP contribution in [0.5, 0.6) is 5.75 Å². The fraction of sp³-hybridized carbons (Fsp3) is 0.167. The first-order valence-corrected chi connectivity index (χ1v) is 8.69. The summed E-state index contributed by atoms with van der Waals surface area (Å²) in [7, 11) is 0. The molecule has 0 aliphatic heterocycles. The minimum absolute atomic E-state index is 0.0475. The van der Waals surface area contributed by atoms with Crippen LogP contribution in [0.15, 0.2) is 46.9 Å². The number of halogens is 2. The molecule has 0 saturated carbocycles. The monoisotopic (exact) mass is 439 g/mol. The van der Waals surface area contributed by atoms with Gasteiger partial charge in [0, 0.05) is 28.4 Å². The SMILES string of the molecule is CC(=O)Oc1cccc(C(=O)N[C@@H](Cc2cc(Cl)ccc2Br)C(=O)O)c1. The van der Waals surface area contributed by atoms with E-state index in [-0.39, 0.29) is 17.7 Å². The topological polar surface area (TPSA) is 92.7 Å². The van der Waals surface area contributed by atoms with Crippen molar-refractivity contribution in [2.75, 3.05) is 0 Å². The standard InChI is InChI=1S/C18H15BrClNO5/c1-10(22)26-14-4-2-3-11(8-14)17(23)21-16(18(24)25)9-12-7-13(20)5-6-15(12)19/h2-8,16H,9H2,1H3,(H,21,23)(H,24,25)/t16-/m0/s1. The lowest BCUT2D eigenvalue weighted by molar-refractivity contribution is -0.139. The summed E-state index contributed by atoms with van der Waals surface area (Å²) in [5, 5.41) is 12.4. The largest absolute Gasteiger partial charge is 0.480 e. The Hall–Kier alpha value is -2.38. The fourth-order valence-electron chi connectivity index (χ4n) is 2.23. The van der Waals surface area contributed by atoms with Crippen LogP contribution in [0.1, 0.15) is 22.8 Å². The van der Waals surface area contributed by atoms with Crippen LogP contribution < -0.4 is 10.1 Å². The van der Waals surface area contributed by atoms with E-state index in [4.69, 9.17) is 16.3 Å². The second kappa shape index (κ2) is 8.82. The summed E-state index contributed by atoms with van der Waals surface area (Å²) < 4.78 is 5.62. The van der Waals surface area contributed by atoms with E-state index in [9.17, 15) is 19.5 Å². The molecule has 0 aliphatic rings. The van der Waals surface area contributed by atoms with Crippen LogP contribution in [0.4, 0.5) is 0 Å². The molecule has 2 N–H and O–H groups in total. The second-order valence-electron chi connectivity index (χ2n) is 5.43. The summed E-state index contributed by atoms with van der Waals surface area (Å²) in [5.74, 6) is -2.09. The van der Waals surface area contributed by atoms with Crippen LogP contribution >= 0.6 is 27.5 Å². The van der Waals surface area contributed by atoms with Gasteiger partial charge in [0.2, 0.25) is 0 Å². The highest BCUT2D eigenvalue weighted by atomic mass is 79.9. The van der Waals surface area contributed by atoms with Gasteiger partial charge in [0.25, 0.3) is 5.91 Å².